The average molecular weight is 202 g/mol. The van der Waals surface area contributed by atoms with Crippen molar-refractivity contribution in [3.63, 3.8) is 0 Å². The third-order valence-electron chi connectivity index (χ3n) is 2.87. The summed E-state index contributed by atoms with van der Waals surface area (Å²) >= 11 is 0. The van der Waals surface area contributed by atoms with Gasteiger partial charge in [-0.15, -0.1) is 0 Å². The Morgan fingerprint density at radius 1 is 1.40 bits per heavy atom. The molecule has 0 saturated heterocycles. The molecule has 0 radical (unpaired) electrons. The van der Waals surface area contributed by atoms with E-state index in [1.807, 2.05) is 7.05 Å². The molecule has 2 nitrogen and oxygen atoms in total. The summed E-state index contributed by atoms with van der Waals surface area (Å²) in [6, 6.07) is 0. The first-order chi connectivity index (χ1) is 7.33. The van der Waals surface area contributed by atoms with Gasteiger partial charge in [0.2, 0.25) is 0 Å². The molecule has 15 heavy (non-hydrogen) atoms. The van der Waals surface area contributed by atoms with Gasteiger partial charge in [0.25, 0.3) is 0 Å². The van der Waals surface area contributed by atoms with Gasteiger partial charge < -0.3 is 10.3 Å². The quantitative estimate of drug-likeness (QED) is 0.775. The first-order valence-corrected chi connectivity index (χ1v) is 5.52. The highest BCUT2D eigenvalue weighted by atomic mass is 14.8. The number of aromatic amines is 1. The number of hydrogen-bond acceptors (Lipinski definition) is 1. The second-order valence-electron chi connectivity index (χ2n) is 4.07. The van der Waals surface area contributed by atoms with Crippen LogP contribution in [0.25, 0.3) is 12.2 Å². The lowest BCUT2D eigenvalue weighted by molar-refractivity contribution is 0.678. The van der Waals surface area contributed by atoms with E-state index in [4.69, 9.17) is 0 Å². The average Bonchev–Trinajstić information content (AvgIpc) is 2.48. The highest BCUT2D eigenvalue weighted by Crippen LogP contribution is 2.26. The van der Waals surface area contributed by atoms with Crippen LogP contribution in [-0.2, 0) is 0 Å². The fraction of sp³-hybridized carbons (Fsp3) is 0.385. The normalized spacial score (nSPS) is 16.1. The van der Waals surface area contributed by atoms with Crippen LogP contribution in [0.2, 0.25) is 0 Å². The second kappa shape index (κ2) is 4.49. The minimum atomic E-state index is 0.547. The summed E-state index contributed by atoms with van der Waals surface area (Å²) in [5, 5.41) is 3.22. The largest absolute Gasteiger partial charge is 0.361 e. The van der Waals surface area contributed by atoms with E-state index in [1.54, 1.807) is 0 Å². The molecule has 80 valence electrons. The molecule has 1 aromatic heterocycles. The molecule has 1 atom stereocenters. The second-order valence-corrected chi connectivity index (χ2v) is 4.07. The lowest BCUT2D eigenvalue weighted by Crippen LogP contribution is -2.14. The van der Waals surface area contributed by atoms with E-state index in [1.165, 1.54) is 16.8 Å². The van der Waals surface area contributed by atoms with Crippen LogP contribution >= 0.6 is 0 Å². The predicted molar refractivity (Wildman–Crippen MR) is 65.8 cm³/mol. The summed E-state index contributed by atoms with van der Waals surface area (Å²) < 4.78 is 0. The van der Waals surface area contributed by atoms with Gasteiger partial charge in [0.05, 0.1) is 0 Å². The van der Waals surface area contributed by atoms with Crippen LogP contribution in [0.3, 0.4) is 0 Å². The van der Waals surface area contributed by atoms with Crippen LogP contribution < -0.4 is 5.32 Å². The van der Waals surface area contributed by atoms with Gasteiger partial charge in [-0.05, 0) is 31.0 Å². The Morgan fingerprint density at radius 2 is 2.20 bits per heavy atom. The summed E-state index contributed by atoms with van der Waals surface area (Å²) in [7, 11) is 2.00. The van der Waals surface area contributed by atoms with Gasteiger partial charge in [-0.2, -0.15) is 0 Å². The monoisotopic (exact) mass is 202 g/mol. The maximum Gasteiger partial charge on any atom is 0.0453 e. The lowest BCUT2D eigenvalue weighted by Gasteiger charge is -2.10. The van der Waals surface area contributed by atoms with Gasteiger partial charge in [0.1, 0.15) is 0 Å². The van der Waals surface area contributed by atoms with Crippen molar-refractivity contribution in [3.05, 3.63) is 35.2 Å². The van der Waals surface area contributed by atoms with Crippen LogP contribution in [0.15, 0.2) is 18.3 Å². The maximum atomic E-state index is 3.34. The van der Waals surface area contributed by atoms with Crippen molar-refractivity contribution in [2.45, 2.75) is 19.3 Å². The Morgan fingerprint density at radius 3 is 3.00 bits per heavy atom. The van der Waals surface area contributed by atoms with Crippen LogP contribution in [0.4, 0.5) is 0 Å². The first kappa shape index (κ1) is 10.2. The van der Waals surface area contributed by atoms with Gasteiger partial charge >= 0.3 is 0 Å². The Bertz CT molecular complexity index is 385. The zero-order valence-corrected chi connectivity index (χ0v) is 9.38. The van der Waals surface area contributed by atoms with Gasteiger partial charge in [0, 0.05) is 24.0 Å². The van der Waals surface area contributed by atoms with E-state index in [0.29, 0.717) is 5.92 Å². The number of allylic oxidation sites excluding steroid dienone is 2. The predicted octanol–water partition coefficient (Wildman–Crippen LogP) is 2.77. The summed E-state index contributed by atoms with van der Waals surface area (Å²) in [4.78, 5) is 3.34. The molecule has 0 aliphatic heterocycles. The first-order valence-electron chi connectivity index (χ1n) is 5.52. The molecule has 2 heteroatoms. The van der Waals surface area contributed by atoms with Crippen molar-refractivity contribution in [1.29, 1.82) is 0 Å². The topological polar surface area (TPSA) is 27.8 Å². The summed E-state index contributed by atoms with van der Waals surface area (Å²) in [6.07, 6.45) is 12.0. The molecule has 2 rings (SSSR count). The summed E-state index contributed by atoms with van der Waals surface area (Å²) in [6.45, 7) is 3.27. The Balaban J connectivity index is 2.34. The molecule has 1 unspecified atom stereocenters. The minimum absolute atomic E-state index is 0.547. The number of likely N-dealkylation sites (N-methyl/N-ethyl adjacent to an activating group) is 1. The van der Waals surface area contributed by atoms with Gasteiger partial charge in [-0.1, -0.05) is 25.2 Å². The maximum absolute atomic E-state index is 3.34. The number of rotatable bonds is 3. The smallest absolute Gasteiger partial charge is 0.0453 e. The zero-order valence-electron chi connectivity index (χ0n) is 9.38. The number of aromatic nitrogens is 1. The van der Waals surface area contributed by atoms with E-state index in [-0.39, 0.29) is 0 Å². The molecular formula is C13H18N2. The zero-order chi connectivity index (χ0) is 10.7. The molecule has 0 fully saturated rings. The van der Waals surface area contributed by atoms with Crippen LogP contribution in [-0.4, -0.2) is 18.6 Å². The van der Waals surface area contributed by atoms with E-state index in [9.17, 15) is 0 Å². The molecule has 2 N–H and O–H groups in total. The Kier molecular flexibility index (Phi) is 3.07. The number of hydrogen-bond donors (Lipinski definition) is 2. The number of fused-ring (bicyclic) bond motifs is 1. The molecule has 1 heterocycles. The fourth-order valence-electron chi connectivity index (χ4n) is 2.06. The van der Waals surface area contributed by atoms with Gasteiger partial charge in [0.15, 0.2) is 0 Å². The third-order valence-corrected chi connectivity index (χ3v) is 2.87. The van der Waals surface area contributed by atoms with Crippen molar-refractivity contribution in [3.8, 4) is 0 Å². The van der Waals surface area contributed by atoms with E-state index < -0.39 is 0 Å². The Hall–Kier alpha value is -1.28. The highest BCUT2D eigenvalue weighted by molar-refractivity contribution is 5.68. The molecule has 0 saturated carbocycles. The van der Waals surface area contributed by atoms with Gasteiger partial charge in [-0.3, -0.25) is 0 Å². The summed E-state index contributed by atoms with van der Waals surface area (Å²) in [5.41, 5.74) is 4.00. The SMILES string of the molecule is CNCC(C)c1c[nH]c2c1C=CCC=C2. The molecule has 0 aromatic carbocycles. The summed E-state index contributed by atoms with van der Waals surface area (Å²) in [5.74, 6) is 0.547. The van der Waals surface area contributed by atoms with Crippen molar-refractivity contribution in [2.24, 2.45) is 0 Å². The highest BCUT2D eigenvalue weighted by Gasteiger charge is 2.13. The molecule has 1 aromatic rings. The van der Waals surface area contributed by atoms with Gasteiger partial charge in [-0.25, -0.2) is 0 Å². The van der Waals surface area contributed by atoms with Crippen LogP contribution in [0.1, 0.15) is 36.1 Å². The molecular weight excluding hydrogens is 184 g/mol. The van der Waals surface area contributed by atoms with Crippen molar-refractivity contribution < 1.29 is 0 Å². The minimum Gasteiger partial charge on any atom is -0.361 e. The van der Waals surface area contributed by atoms with Crippen molar-refractivity contribution in [2.75, 3.05) is 13.6 Å². The number of H-pyrrole nitrogens is 1. The lowest BCUT2D eigenvalue weighted by atomic mass is 9.98. The number of nitrogens with one attached hydrogen (secondary N) is 2. The molecule has 0 bridgehead atoms. The van der Waals surface area contributed by atoms with E-state index in [0.717, 1.165) is 13.0 Å². The fourth-order valence-corrected chi connectivity index (χ4v) is 2.06. The van der Waals surface area contributed by atoms with Crippen LogP contribution in [0.5, 0.6) is 0 Å². The van der Waals surface area contributed by atoms with Crippen molar-refractivity contribution in [1.82, 2.24) is 10.3 Å². The standard InChI is InChI=1S/C13H18N2/c1-10(8-14-2)12-9-15-13-7-5-3-4-6-11(12)13/h4-7,9-10,14-15H,3,8H2,1-2H3. The molecule has 1 aliphatic carbocycles. The third kappa shape index (κ3) is 2.05. The van der Waals surface area contributed by atoms with Crippen molar-refractivity contribution >= 4 is 12.2 Å². The van der Waals surface area contributed by atoms with E-state index in [2.05, 4.69) is 47.7 Å². The van der Waals surface area contributed by atoms with E-state index >= 15 is 0 Å². The molecule has 1 aliphatic rings. The molecule has 0 spiro atoms. The molecule has 0 amide bonds. The Labute approximate surface area is 91.1 Å². The van der Waals surface area contributed by atoms with Crippen LogP contribution in [0, 0.1) is 0 Å².